The summed E-state index contributed by atoms with van der Waals surface area (Å²) in [7, 11) is 0. The number of benzene rings is 1. The van der Waals surface area contributed by atoms with Crippen LogP contribution in [-0.2, 0) is 11.2 Å². The highest BCUT2D eigenvalue weighted by Crippen LogP contribution is 2.37. The number of hydrogen-bond donors (Lipinski definition) is 2. The van der Waals surface area contributed by atoms with Gasteiger partial charge >= 0.3 is 0 Å². The van der Waals surface area contributed by atoms with Crippen LogP contribution in [0.4, 0.5) is 16.4 Å². The van der Waals surface area contributed by atoms with Crippen LogP contribution >= 0.6 is 11.3 Å². The fraction of sp³-hybridized carbons (Fsp3) is 0.500. The largest absolute Gasteiger partial charge is 0.382 e. The van der Waals surface area contributed by atoms with Crippen LogP contribution < -0.4 is 10.6 Å². The summed E-state index contributed by atoms with van der Waals surface area (Å²) in [5, 5.41) is 9.41. The van der Waals surface area contributed by atoms with Gasteiger partial charge in [-0.2, -0.15) is 0 Å². The Balaban J connectivity index is 1.65. The predicted molar refractivity (Wildman–Crippen MR) is 112 cm³/mol. The third-order valence-electron chi connectivity index (χ3n) is 4.93. The second-order valence-corrected chi connectivity index (χ2v) is 7.88. The minimum atomic E-state index is 0.409. The number of aromatic nitrogens is 1. The molecule has 1 saturated heterocycles. The summed E-state index contributed by atoms with van der Waals surface area (Å²) in [4.78, 5) is 12.3. The summed E-state index contributed by atoms with van der Waals surface area (Å²) in [5.74, 6) is 0.987. The van der Waals surface area contributed by atoms with E-state index in [4.69, 9.17) is 14.7 Å². The van der Waals surface area contributed by atoms with Crippen molar-refractivity contribution < 1.29 is 4.74 Å². The van der Waals surface area contributed by atoms with Crippen LogP contribution in [0.2, 0.25) is 0 Å². The number of amidine groups is 1. The third kappa shape index (κ3) is 4.00. The lowest BCUT2D eigenvalue weighted by Crippen LogP contribution is -2.53. The van der Waals surface area contributed by atoms with Gasteiger partial charge in [-0.15, -0.1) is 11.3 Å². The molecule has 0 radical (unpaired) electrons. The zero-order valence-corrected chi connectivity index (χ0v) is 16.8. The number of aliphatic imine (C=N–C) groups is 1. The van der Waals surface area contributed by atoms with E-state index in [9.17, 15) is 0 Å². The van der Waals surface area contributed by atoms with Crippen LogP contribution in [0.5, 0.6) is 0 Å². The van der Waals surface area contributed by atoms with Gasteiger partial charge in [-0.05, 0) is 31.9 Å². The lowest BCUT2D eigenvalue weighted by molar-refractivity contribution is 0.128. The van der Waals surface area contributed by atoms with Crippen molar-refractivity contribution in [2.45, 2.75) is 32.7 Å². The van der Waals surface area contributed by atoms with E-state index < -0.39 is 0 Å². The fourth-order valence-corrected chi connectivity index (χ4v) is 4.43. The molecule has 0 saturated carbocycles. The molecular weight excluding hydrogens is 358 g/mol. The van der Waals surface area contributed by atoms with Gasteiger partial charge in [0, 0.05) is 38.9 Å². The molecule has 7 heteroatoms. The van der Waals surface area contributed by atoms with E-state index in [1.54, 1.807) is 11.3 Å². The van der Waals surface area contributed by atoms with Crippen LogP contribution in [0.3, 0.4) is 0 Å². The maximum absolute atomic E-state index is 5.55. The molecule has 3 heterocycles. The van der Waals surface area contributed by atoms with Gasteiger partial charge in [-0.25, -0.2) is 9.98 Å². The van der Waals surface area contributed by atoms with Crippen molar-refractivity contribution >= 4 is 33.5 Å². The molecule has 6 nitrogen and oxygen atoms in total. The number of para-hydroxylation sites is 2. The first-order chi connectivity index (χ1) is 13.3. The van der Waals surface area contributed by atoms with E-state index in [-0.39, 0.29) is 0 Å². The highest BCUT2D eigenvalue weighted by atomic mass is 32.1. The molecule has 27 heavy (non-hydrogen) atoms. The van der Waals surface area contributed by atoms with Gasteiger partial charge in [0.1, 0.15) is 10.7 Å². The molecule has 2 aromatic rings. The van der Waals surface area contributed by atoms with E-state index >= 15 is 0 Å². The second kappa shape index (κ2) is 8.37. The maximum Gasteiger partial charge on any atom is 0.158 e. The van der Waals surface area contributed by atoms with Crippen LogP contribution in [0.25, 0.3) is 0 Å². The van der Waals surface area contributed by atoms with Crippen LogP contribution in [0.1, 0.15) is 31.0 Å². The summed E-state index contributed by atoms with van der Waals surface area (Å²) < 4.78 is 5.55. The Labute approximate surface area is 164 Å². The van der Waals surface area contributed by atoms with E-state index in [0.717, 1.165) is 78.6 Å². The Kier molecular flexibility index (Phi) is 5.71. The van der Waals surface area contributed by atoms with Gasteiger partial charge in [0.25, 0.3) is 0 Å². The van der Waals surface area contributed by atoms with E-state index in [1.807, 2.05) is 19.1 Å². The summed E-state index contributed by atoms with van der Waals surface area (Å²) in [6, 6.07) is 8.64. The normalized spacial score (nSPS) is 19.0. The van der Waals surface area contributed by atoms with Gasteiger partial charge in [0.05, 0.1) is 16.4 Å². The summed E-state index contributed by atoms with van der Waals surface area (Å²) >= 11 is 1.73. The van der Waals surface area contributed by atoms with Gasteiger partial charge in [0.2, 0.25) is 0 Å². The molecule has 0 bridgehead atoms. The highest BCUT2D eigenvalue weighted by molar-refractivity contribution is 7.16. The molecule has 0 aliphatic carbocycles. The monoisotopic (exact) mass is 385 g/mol. The number of fused-ring (bicyclic) bond motifs is 2. The fourth-order valence-electron chi connectivity index (χ4n) is 3.52. The molecular formula is C20H27N5OS. The molecule has 2 aliphatic heterocycles. The number of hydrogen-bond acceptors (Lipinski definition) is 7. The lowest BCUT2D eigenvalue weighted by Gasteiger charge is -2.35. The predicted octanol–water partition coefficient (Wildman–Crippen LogP) is 3.54. The van der Waals surface area contributed by atoms with E-state index in [1.165, 1.54) is 0 Å². The van der Waals surface area contributed by atoms with Crippen molar-refractivity contribution in [1.29, 1.82) is 0 Å². The third-order valence-corrected chi connectivity index (χ3v) is 6.05. The molecule has 0 unspecified atom stereocenters. The number of aryl methyl sites for hydroxylation is 1. The Morgan fingerprint density at radius 2 is 2.19 bits per heavy atom. The molecule has 1 aromatic carbocycles. The quantitative estimate of drug-likeness (QED) is 0.771. The number of piperazine rings is 1. The molecule has 2 aliphatic rings. The van der Waals surface area contributed by atoms with Gasteiger partial charge in [0.15, 0.2) is 5.84 Å². The SMILES string of the molecule is CCOCC[C@H]1CN(C2=Nc3ccccc3Nc3sc(CC)nc32)CCN1. The number of anilines is 2. The Morgan fingerprint density at radius 3 is 3.04 bits per heavy atom. The van der Waals surface area contributed by atoms with Crippen molar-refractivity contribution in [3.63, 3.8) is 0 Å². The molecule has 0 amide bonds. The zero-order chi connectivity index (χ0) is 18.6. The van der Waals surface area contributed by atoms with Gasteiger partial charge in [-0.1, -0.05) is 19.1 Å². The number of nitrogens with one attached hydrogen (secondary N) is 2. The van der Waals surface area contributed by atoms with E-state index in [0.29, 0.717) is 6.04 Å². The van der Waals surface area contributed by atoms with Crippen molar-refractivity contribution in [2.75, 3.05) is 38.2 Å². The molecule has 144 valence electrons. The van der Waals surface area contributed by atoms with Crippen molar-refractivity contribution in [1.82, 2.24) is 15.2 Å². The Morgan fingerprint density at radius 1 is 1.30 bits per heavy atom. The summed E-state index contributed by atoms with van der Waals surface area (Å²) in [5.41, 5.74) is 3.00. The second-order valence-electron chi connectivity index (χ2n) is 6.80. The maximum atomic E-state index is 5.55. The summed E-state index contributed by atoms with van der Waals surface area (Å²) in [6.07, 6.45) is 1.95. The molecule has 4 rings (SSSR count). The zero-order valence-electron chi connectivity index (χ0n) is 16.0. The number of thiazole rings is 1. The molecule has 1 fully saturated rings. The van der Waals surface area contributed by atoms with Gasteiger partial charge < -0.3 is 20.3 Å². The Hall–Kier alpha value is -1.96. The number of rotatable bonds is 5. The molecule has 2 N–H and O–H groups in total. The van der Waals surface area contributed by atoms with Crippen LogP contribution in [0, 0.1) is 0 Å². The topological polar surface area (TPSA) is 61.8 Å². The molecule has 0 spiro atoms. The van der Waals surface area contributed by atoms with Crippen molar-refractivity contribution in [2.24, 2.45) is 4.99 Å². The van der Waals surface area contributed by atoms with Crippen molar-refractivity contribution in [3.8, 4) is 0 Å². The van der Waals surface area contributed by atoms with Crippen LogP contribution in [0.15, 0.2) is 29.3 Å². The lowest BCUT2D eigenvalue weighted by atomic mass is 10.1. The first-order valence-corrected chi connectivity index (χ1v) is 10.6. The first kappa shape index (κ1) is 18.4. The smallest absolute Gasteiger partial charge is 0.158 e. The minimum absolute atomic E-state index is 0.409. The average molecular weight is 386 g/mol. The number of ether oxygens (including phenoxy) is 1. The van der Waals surface area contributed by atoms with Crippen LogP contribution in [-0.4, -0.2) is 54.6 Å². The highest BCUT2D eigenvalue weighted by Gasteiger charge is 2.28. The Bertz CT molecular complexity index is 818. The minimum Gasteiger partial charge on any atom is -0.382 e. The average Bonchev–Trinajstić information content (AvgIpc) is 3.03. The van der Waals surface area contributed by atoms with Gasteiger partial charge in [-0.3, -0.25) is 0 Å². The molecule has 1 atom stereocenters. The molecule has 1 aromatic heterocycles. The number of nitrogens with zero attached hydrogens (tertiary/aromatic N) is 3. The first-order valence-electron chi connectivity index (χ1n) is 9.79. The van der Waals surface area contributed by atoms with E-state index in [2.05, 4.69) is 34.6 Å². The summed E-state index contributed by atoms with van der Waals surface area (Å²) in [6.45, 7) is 8.56. The standard InChI is InChI=1S/C20H27N5OS/c1-3-17-24-18-19(25-11-10-21-14(13-25)9-12-26-4-2)22-15-7-5-6-8-16(15)23-20(18)27-17/h5-8,14,21,23H,3-4,9-13H2,1-2H3/t14-/m0/s1. The van der Waals surface area contributed by atoms with Crippen molar-refractivity contribution in [3.05, 3.63) is 35.0 Å².